The molecule has 0 aliphatic carbocycles. The summed E-state index contributed by atoms with van der Waals surface area (Å²) in [5, 5.41) is 1.71. The van der Waals surface area contributed by atoms with Crippen molar-refractivity contribution in [3.63, 3.8) is 0 Å². The molecule has 0 radical (unpaired) electrons. The standard InChI is InChI=1S/C23H20Cl4N2O6/c1-10(2)8-12(23(33)35-9-14(30)28-11-6-4-5-7-13(11)34-3)29-21(31)15-16(22(29)32)18(25)20(27)19(26)17(15)24/h4-7,10,12H,8-9H2,1-3H3,(H,28,30)/t12-/m1/s1. The van der Waals surface area contributed by atoms with Crippen molar-refractivity contribution in [3.05, 3.63) is 55.5 Å². The van der Waals surface area contributed by atoms with E-state index in [0.717, 1.165) is 4.90 Å². The molecular formula is C23H20Cl4N2O6. The average molecular weight is 562 g/mol. The second-order valence-corrected chi connectivity index (χ2v) is 9.50. The molecule has 186 valence electrons. The molecule has 8 nitrogen and oxygen atoms in total. The first-order valence-electron chi connectivity index (χ1n) is 10.3. The molecule has 0 saturated carbocycles. The number of methoxy groups -OCH3 is 1. The van der Waals surface area contributed by atoms with Crippen molar-refractivity contribution in [1.29, 1.82) is 0 Å². The fraction of sp³-hybridized carbons (Fsp3) is 0.304. The van der Waals surface area contributed by atoms with E-state index < -0.39 is 36.3 Å². The minimum absolute atomic E-state index is 0.0646. The molecule has 1 atom stereocenters. The third-order valence-corrected chi connectivity index (χ3v) is 6.94. The highest BCUT2D eigenvalue weighted by Gasteiger charge is 2.47. The number of amides is 3. The summed E-state index contributed by atoms with van der Waals surface area (Å²) in [6.07, 6.45) is 0.0646. The van der Waals surface area contributed by atoms with Crippen LogP contribution in [0, 0.1) is 5.92 Å². The lowest BCUT2D eigenvalue weighted by Gasteiger charge is -2.26. The van der Waals surface area contributed by atoms with Crippen LogP contribution in [0.15, 0.2) is 24.3 Å². The van der Waals surface area contributed by atoms with Crippen LogP contribution < -0.4 is 10.1 Å². The van der Waals surface area contributed by atoms with Gasteiger partial charge < -0.3 is 14.8 Å². The van der Waals surface area contributed by atoms with E-state index in [1.807, 2.05) is 0 Å². The smallest absolute Gasteiger partial charge is 0.329 e. The van der Waals surface area contributed by atoms with Gasteiger partial charge in [0.1, 0.15) is 11.8 Å². The molecule has 1 heterocycles. The highest BCUT2D eigenvalue weighted by molar-refractivity contribution is 6.55. The number of nitrogens with zero attached hydrogens (tertiary/aromatic N) is 1. The quantitative estimate of drug-likeness (QED) is 0.197. The zero-order valence-corrected chi connectivity index (χ0v) is 21.8. The minimum atomic E-state index is -1.34. The molecule has 2 aromatic carbocycles. The van der Waals surface area contributed by atoms with Crippen molar-refractivity contribution in [3.8, 4) is 5.75 Å². The van der Waals surface area contributed by atoms with Gasteiger partial charge >= 0.3 is 5.97 Å². The average Bonchev–Trinajstić information content (AvgIpc) is 3.08. The maximum atomic E-state index is 13.2. The fourth-order valence-corrected chi connectivity index (χ4v) is 4.58. The van der Waals surface area contributed by atoms with Gasteiger partial charge in [0.05, 0.1) is 44.0 Å². The number of para-hydroxylation sites is 2. The van der Waals surface area contributed by atoms with Gasteiger partial charge in [-0.3, -0.25) is 19.3 Å². The van der Waals surface area contributed by atoms with Gasteiger partial charge in [-0.05, 0) is 24.5 Å². The number of anilines is 1. The molecule has 0 unspecified atom stereocenters. The van der Waals surface area contributed by atoms with Gasteiger partial charge in [-0.25, -0.2) is 4.79 Å². The van der Waals surface area contributed by atoms with Crippen molar-refractivity contribution in [2.24, 2.45) is 5.92 Å². The molecule has 35 heavy (non-hydrogen) atoms. The Morgan fingerprint density at radius 2 is 1.49 bits per heavy atom. The lowest BCUT2D eigenvalue weighted by atomic mass is 10.0. The molecule has 0 saturated heterocycles. The van der Waals surface area contributed by atoms with Crippen LogP contribution in [-0.4, -0.2) is 48.3 Å². The molecule has 0 spiro atoms. The highest BCUT2D eigenvalue weighted by atomic mass is 35.5. The summed E-state index contributed by atoms with van der Waals surface area (Å²) in [7, 11) is 1.45. The van der Waals surface area contributed by atoms with E-state index in [-0.39, 0.29) is 43.6 Å². The highest BCUT2D eigenvalue weighted by Crippen LogP contribution is 2.45. The van der Waals surface area contributed by atoms with Crippen LogP contribution in [0.1, 0.15) is 41.0 Å². The van der Waals surface area contributed by atoms with Crippen LogP contribution >= 0.6 is 46.4 Å². The zero-order valence-electron chi connectivity index (χ0n) is 18.8. The zero-order chi connectivity index (χ0) is 26.0. The Balaban J connectivity index is 1.82. The van der Waals surface area contributed by atoms with Crippen LogP contribution in [-0.2, 0) is 14.3 Å². The van der Waals surface area contributed by atoms with E-state index in [0.29, 0.717) is 11.4 Å². The summed E-state index contributed by atoms with van der Waals surface area (Å²) in [4.78, 5) is 52.4. The monoisotopic (exact) mass is 560 g/mol. The molecule has 3 amide bonds. The van der Waals surface area contributed by atoms with Crippen LogP contribution in [0.2, 0.25) is 20.1 Å². The number of fused-ring (bicyclic) bond motifs is 1. The van der Waals surface area contributed by atoms with E-state index >= 15 is 0 Å². The summed E-state index contributed by atoms with van der Waals surface area (Å²) < 4.78 is 10.3. The van der Waals surface area contributed by atoms with E-state index in [1.54, 1.807) is 38.1 Å². The van der Waals surface area contributed by atoms with Crippen molar-refractivity contribution < 1.29 is 28.7 Å². The number of benzene rings is 2. The van der Waals surface area contributed by atoms with Crippen LogP contribution in [0.4, 0.5) is 5.69 Å². The number of hydrogen-bond donors (Lipinski definition) is 1. The molecule has 1 aliphatic rings. The number of hydrogen-bond acceptors (Lipinski definition) is 6. The molecule has 12 heteroatoms. The summed E-state index contributed by atoms with van der Waals surface area (Å²) in [6.45, 7) is 2.93. The molecule has 0 aromatic heterocycles. The Hall–Kier alpha value is -2.52. The summed E-state index contributed by atoms with van der Waals surface area (Å²) >= 11 is 24.5. The predicted molar refractivity (Wildman–Crippen MR) is 133 cm³/mol. The molecule has 2 aromatic rings. The Labute approximate surface area is 221 Å². The first kappa shape index (κ1) is 27.1. The van der Waals surface area contributed by atoms with Gasteiger partial charge in [0.2, 0.25) is 0 Å². The maximum Gasteiger partial charge on any atom is 0.329 e. The first-order valence-corrected chi connectivity index (χ1v) is 11.8. The van der Waals surface area contributed by atoms with E-state index in [9.17, 15) is 19.2 Å². The first-order chi connectivity index (χ1) is 16.5. The van der Waals surface area contributed by atoms with Crippen LogP contribution in [0.3, 0.4) is 0 Å². The topological polar surface area (TPSA) is 102 Å². The van der Waals surface area contributed by atoms with Gasteiger partial charge in [0.25, 0.3) is 17.7 Å². The molecule has 3 rings (SSSR count). The van der Waals surface area contributed by atoms with Gasteiger partial charge in [0, 0.05) is 0 Å². The van der Waals surface area contributed by atoms with Gasteiger partial charge in [-0.1, -0.05) is 72.4 Å². The Kier molecular flexibility index (Phi) is 8.54. The molecule has 0 fully saturated rings. The summed E-state index contributed by atoms with van der Waals surface area (Å²) in [6, 6.07) is 5.34. The van der Waals surface area contributed by atoms with Gasteiger partial charge in [-0.15, -0.1) is 0 Å². The Morgan fingerprint density at radius 3 is 2.00 bits per heavy atom. The molecular weight excluding hydrogens is 542 g/mol. The summed E-state index contributed by atoms with van der Waals surface area (Å²) in [5.74, 6) is -3.03. The number of imide groups is 1. The SMILES string of the molecule is COc1ccccc1NC(=O)COC(=O)[C@@H](CC(C)C)N1C(=O)c2c(Cl)c(Cl)c(Cl)c(Cl)c2C1=O. The normalized spacial score (nSPS) is 13.7. The van der Waals surface area contributed by atoms with Crippen molar-refractivity contribution >= 4 is 75.8 Å². The predicted octanol–water partition coefficient (Wildman–Crippen LogP) is 5.50. The number of halogens is 4. The second-order valence-electron chi connectivity index (χ2n) is 7.99. The number of ether oxygens (including phenoxy) is 2. The third-order valence-electron chi connectivity index (χ3n) is 5.14. The largest absolute Gasteiger partial charge is 0.495 e. The fourth-order valence-electron chi connectivity index (χ4n) is 3.57. The van der Waals surface area contributed by atoms with Gasteiger partial charge in [-0.2, -0.15) is 0 Å². The van der Waals surface area contributed by atoms with E-state index in [4.69, 9.17) is 55.9 Å². The third kappa shape index (κ3) is 5.35. The van der Waals surface area contributed by atoms with Crippen molar-refractivity contribution in [2.45, 2.75) is 26.3 Å². The van der Waals surface area contributed by atoms with Crippen LogP contribution in [0.25, 0.3) is 0 Å². The molecule has 1 N–H and O–H groups in total. The number of carbonyl (C=O) groups is 4. The van der Waals surface area contributed by atoms with Crippen molar-refractivity contribution in [2.75, 3.05) is 19.0 Å². The van der Waals surface area contributed by atoms with Crippen molar-refractivity contribution in [1.82, 2.24) is 4.90 Å². The number of rotatable bonds is 8. The van der Waals surface area contributed by atoms with Gasteiger partial charge in [0.15, 0.2) is 6.61 Å². The summed E-state index contributed by atoms with van der Waals surface area (Å²) in [5.41, 5.74) is -0.105. The lowest BCUT2D eigenvalue weighted by molar-refractivity contribution is -0.151. The minimum Gasteiger partial charge on any atom is -0.495 e. The molecule has 1 aliphatic heterocycles. The second kappa shape index (κ2) is 11.0. The number of carbonyl (C=O) groups excluding carboxylic acids is 4. The Bertz CT molecular complexity index is 1170. The number of nitrogens with one attached hydrogen (secondary N) is 1. The van der Waals surface area contributed by atoms with Crippen LogP contribution in [0.5, 0.6) is 5.75 Å². The lowest BCUT2D eigenvalue weighted by Crippen LogP contribution is -2.47. The van der Waals surface area contributed by atoms with E-state index in [1.165, 1.54) is 7.11 Å². The molecule has 0 bridgehead atoms. The maximum absolute atomic E-state index is 13.2. The van der Waals surface area contributed by atoms with E-state index in [2.05, 4.69) is 5.32 Å². The number of esters is 1. The Morgan fingerprint density at radius 1 is 0.943 bits per heavy atom.